The van der Waals surface area contributed by atoms with Crippen LogP contribution in [0.1, 0.15) is 32.3 Å². The minimum Gasteiger partial charge on any atom is -0.355 e. The van der Waals surface area contributed by atoms with E-state index in [4.69, 9.17) is 0 Å². The van der Waals surface area contributed by atoms with Crippen LogP contribution in [0.4, 0.5) is 8.78 Å². The fraction of sp³-hybridized carbons (Fsp3) is 0.304. The summed E-state index contributed by atoms with van der Waals surface area (Å²) in [6.07, 6.45) is 1.93. The average molecular weight is 456 g/mol. The van der Waals surface area contributed by atoms with Crippen LogP contribution in [0.2, 0.25) is 0 Å². The molecule has 0 radical (unpaired) electrons. The van der Waals surface area contributed by atoms with Crippen molar-refractivity contribution in [2.45, 2.75) is 43.6 Å². The Bertz CT molecular complexity index is 1260. The second-order valence-corrected chi connectivity index (χ2v) is 8.85. The van der Waals surface area contributed by atoms with Gasteiger partial charge in [-0.25, -0.2) is 13.8 Å². The lowest BCUT2D eigenvalue weighted by Gasteiger charge is -2.11. The van der Waals surface area contributed by atoms with Crippen LogP contribution in [0.25, 0.3) is 22.1 Å². The Morgan fingerprint density at radius 3 is 2.62 bits per heavy atom. The average Bonchev–Trinajstić information content (AvgIpc) is 3.07. The second kappa shape index (κ2) is 9.60. The number of benzene rings is 2. The third-order valence-electron chi connectivity index (χ3n) is 5.14. The summed E-state index contributed by atoms with van der Waals surface area (Å²) in [5, 5.41) is 12.0. The number of rotatable bonds is 8. The number of aromatic nitrogens is 4. The highest BCUT2D eigenvalue weighted by Gasteiger charge is 2.19. The number of unbranched alkanes of at least 4 members (excludes halogenated alkanes) is 1. The van der Waals surface area contributed by atoms with Crippen molar-refractivity contribution in [2.24, 2.45) is 0 Å². The third-order valence-corrected chi connectivity index (χ3v) is 6.10. The maximum Gasteiger partial charge on any atom is 0.233 e. The number of hydrogen-bond donors (Lipinski definition) is 1. The van der Waals surface area contributed by atoms with Gasteiger partial charge in [0, 0.05) is 18.5 Å². The van der Waals surface area contributed by atoms with Gasteiger partial charge >= 0.3 is 0 Å². The molecule has 2 heterocycles. The molecule has 0 fully saturated rings. The maximum absolute atomic E-state index is 13.9. The number of nitrogens with one attached hydrogen (secondary N) is 1. The summed E-state index contributed by atoms with van der Waals surface area (Å²) in [5.74, 6) is -0.774. The lowest BCUT2D eigenvalue weighted by atomic mass is 10.2. The van der Waals surface area contributed by atoms with Crippen LogP contribution in [-0.4, -0.2) is 37.5 Å². The quantitative estimate of drug-likeness (QED) is 0.308. The van der Waals surface area contributed by atoms with E-state index in [0.29, 0.717) is 34.8 Å². The van der Waals surface area contributed by atoms with Crippen molar-refractivity contribution in [1.82, 2.24) is 25.1 Å². The summed E-state index contributed by atoms with van der Waals surface area (Å²) in [4.78, 5) is 17.0. The largest absolute Gasteiger partial charge is 0.355 e. The number of fused-ring (bicyclic) bond motifs is 3. The molecule has 0 aliphatic heterocycles. The molecule has 6 nitrogen and oxygen atoms in total. The van der Waals surface area contributed by atoms with E-state index in [2.05, 4.69) is 27.4 Å². The van der Waals surface area contributed by atoms with Gasteiger partial charge in [-0.1, -0.05) is 37.2 Å². The number of hydrogen-bond acceptors (Lipinski definition) is 5. The standard InChI is InChI=1S/C23H23F2N5OS/c1-3-4-11-26-22(31)14(2)32-23-27-21-20(28-29-23)18-12-17(25)9-10-19(18)30(21)13-15-5-7-16(24)8-6-15/h5-10,12,14H,3-4,11,13H2,1-2H3,(H,26,31). The SMILES string of the molecule is CCCCNC(=O)C(C)Sc1nnc2c3cc(F)ccc3n(Cc3ccc(F)cc3)c2n1. The molecule has 2 aromatic carbocycles. The summed E-state index contributed by atoms with van der Waals surface area (Å²) in [5.41, 5.74) is 2.63. The monoisotopic (exact) mass is 455 g/mol. The van der Waals surface area contributed by atoms with Gasteiger partial charge in [-0.3, -0.25) is 4.79 Å². The predicted octanol–water partition coefficient (Wildman–Crippen LogP) is 4.70. The van der Waals surface area contributed by atoms with Crippen LogP contribution < -0.4 is 5.32 Å². The molecule has 1 amide bonds. The molecular formula is C23H23F2N5OS. The molecule has 0 saturated carbocycles. The van der Waals surface area contributed by atoms with Gasteiger partial charge in [-0.15, -0.1) is 10.2 Å². The Labute approximate surface area is 188 Å². The smallest absolute Gasteiger partial charge is 0.233 e. The molecule has 0 aliphatic carbocycles. The van der Waals surface area contributed by atoms with Crippen LogP contribution in [0.5, 0.6) is 0 Å². The Kier molecular flexibility index (Phi) is 6.64. The second-order valence-electron chi connectivity index (χ2n) is 7.55. The normalized spacial score (nSPS) is 12.4. The number of carbonyl (C=O) groups excluding carboxylic acids is 1. The predicted molar refractivity (Wildman–Crippen MR) is 122 cm³/mol. The summed E-state index contributed by atoms with van der Waals surface area (Å²) < 4.78 is 29.2. The van der Waals surface area contributed by atoms with Crippen molar-refractivity contribution in [3.05, 3.63) is 59.7 Å². The molecule has 0 spiro atoms. The summed E-state index contributed by atoms with van der Waals surface area (Å²) >= 11 is 1.22. The fourth-order valence-corrected chi connectivity index (χ4v) is 4.17. The van der Waals surface area contributed by atoms with Crippen LogP contribution >= 0.6 is 11.8 Å². The number of nitrogens with zero attached hydrogens (tertiary/aromatic N) is 4. The lowest BCUT2D eigenvalue weighted by Crippen LogP contribution is -2.31. The van der Waals surface area contributed by atoms with E-state index in [1.165, 1.54) is 36.0 Å². The van der Waals surface area contributed by atoms with Gasteiger partial charge < -0.3 is 9.88 Å². The van der Waals surface area contributed by atoms with Crippen LogP contribution in [0, 0.1) is 11.6 Å². The van der Waals surface area contributed by atoms with Crippen LogP contribution in [0.15, 0.2) is 47.6 Å². The Morgan fingerprint density at radius 2 is 1.88 bits per heavy atom. The highest BCUT2D eigenvalue weighted by atomic mass is 32.2. The van der Waals surface area contributed by atoms with E-state index >= 15 is 0 Å². The molecule has 0 aliphatic rings. The first kappa shape index (κ1) is 22.1. The number of carbonyl (C=O) groups is 1. The molecule has 4 aromatic rings. The minimum absolute atomic E-state index is 0.0823. The Balaban J connectivity index is 1.70. The van der Waals surface area contributed by atoms with E-state index in [1.54, 1.807) is 25.1 Å². The molecule has 9 heteroatoms. The summed E-state index contributed by atoms with van der Waals surface area (Å²) in [7, 11) is 0. The van der Waals surface area contributed by atoms with Crippen molar-refractivity contribution in [3.8, 4) is 0 Å². The van der Waals surface area contributed by atoms with E-state index in [0.717, 1.165) is 23.9 Å². The molecule has 0 bridgehead atoms. The zero-order valence-corrected chi connectivity index (χ0v) is 18.6. The first-order valence-electron chi connectivity index (χ1n) is 10.5. The van der Waals surface area contributed by atoms with Crippen molar-refractivity contribution in [3.63, 3.8) is 0 Å². The van der Waals surface area contributed by atoms with Crippen molar-refractivity contribution in [2.75, 3.05) is 6.54 Å². The van der Waals surface area contributed by atoms with Gasteiger partial charge in [-0.05, 0) is 49.2 Å². The molecule has 32 heavy (non-hydrogen) atoms. The molecule has 1 unspecified atom stereocenters. The molecule has 4 rings (SSSR count). The van der Waals surface area contributed by atoms with E-state index in [-0.39, 0.29) is 17.5 Å². The van der Waals surface area contributed by atoms with Gasteiger partial charge in [0.05, 0.1) is 10.8 Å². The zero-order valence-electron chi connectivity index (χ0n) is 17.8. The summed E-state index contributed by atoms with van der Waals surface area (Å²) in [6.45, 7) is 4.90. The number of thioether (sulfide) groups is 1. The molecule has 0 saturated heterocycles. The lowest BCUT2D eigenvalue weighted by molar-refractivity contribution is -0.120. The maximum atomic E-state index is 13.9. The molecule has 1 N–H and O–H groups in total. The number of halogens is 2. The third kappa shape index (κ3) is 4.72. The molecule has 1 atom stereocenters. The first-order valence-corrected chi connectivity index (χ1v) is 11.3. The fourth-order valence-electron chi connectivity index (χ4n) is 3.44. The van der Waals surface area contributed by atoms with Gasteiger partial charge in [0.25, 0.3) is 0 Å². The Morgan fingerprint density at radius 1 is 1.12 bits per heavy atom. The van der Waals surface area contributed by atoms with Crippen molar-refractivity contribution >= 4 is 39.7 Å². The van der Waals surface area contributed by atoms with Crippen LogP contribution in [0.3, 0.4) is 0 Å². The molecule has 2 aromatic heterocycles. The summed E-state index contributed by atoms with van der Waals surface area (Å²) in [6, 6.07) is 10.7. The van der Waals surface area contributed by atoms with Gasteiger partial charge in [0.2, 0.25) is 11.1 Å². The van der Waals surface area contributed by atoms with Gasteiger partial charge in [0.1, 0.15) is 17.2 Å². The highest BCUT2D eigenvalue weighted by Crippen LogP contribution is 2.29. The van der Waals surface area contributed by atoms with Crippen molar-refractivity contribution < 1.29 is 13.6 Å². The van der Waals surface area contributed by atoms with E-state index < -0.39 is 5.25 Å². The van der Waals surface area contributed by atoms with Crippen LogP contribution in [-0.2, 0) is 11.3 Å². The van der Waals surface area contributed by atoms with Gasteiger partial charge in [-0.2, -0.15) is 0 Å². The number of amides is 1. The molecular weight excluding hydrogens is 432 g/mol. The first-order chi connectivity index (χ1) is 15.5. The topological polar surface area (TPSA) is 72.7 Å². The highest BCUT2D eigenvalue weighted by molar-refractivity contribution is 8.00. The van der Waals surface area contributed by atoms with E-state index in [1.807, 2.05) is 4.57 Å². The minimum atomic E-state index is -0.390. The van der Waals surface area contributed by atoms with Gasteiger partial charge in [0.15, 0.2) is 5.65 Å². The van der Waals surface area contributed by atoms with E-state index in [9.17, 15) is 13.6 Å². The zero-order chi connectivity index (χ0) is 22.7. The molecule has 166 valence electrons. The van der Waals surface area contributed by atoms with Crippen molar-refractivity contribution in [1.29, 1.82) is 0 Å². The Hall–Kier alpha value is -3.07.